The number of rotatable bonds is 4. The lowest BCUT2D eigenvalue weighted by molar-refractivity contribution is -0.143. The van der Waals surface area contributed by atoms with Crippen LogP contribution in [0.25, 0.3) is 0 Å². The number of halogens is 3. The van der Waals surface area contributed by atoms with Gasteiger partial charge in [0, 0.05) is 18.0 Å². The summed E-state index contributed by atoms with van der Waals surface area (Å²) in [5.74, 6) is 4.69. The molecule has 1 aromatic heterocycles. The van der Waals surface area contributed by atoms with Crippen LogP contribution in [0.4, 0.5) is 13.2 Å². The van der Waals surface area contributed by atoms with Gasteiger partial charge in [0.25, 0.3) is 5.91 Å². The van der Waals surface area contributed by atoms with Crippen molar-refractivity contribution >= 4 is 17.2 Å². The number of alkyl halides is 3. The zero-order valence-electron chi connectivity index (χ0n) is 11.7. The molecule has 0 aromatic carbocycles. The fourth-order valence-electron chi connectivity index (χ4n) is 1.60. The first-order valence-electron chi connectivity index (χ1n) is 6.31. The van der Waals surface area contributed by atoms with Gasteiger partial charge in [0.1, 0.15) is 11.4 Å². The first kappa shape index (κ1) is 17.5. The third kappa shape index (κ3) is 5.40. The molecule has 0 atom stereocenters. The zero-order chi connectivity index (χ0) is 16.0. The Kier molecular flexibility index (Phi) is 6.24. The monoisotopic (exact) mass is 319 g/mol. The Balaban J connectivity index is 3.01. The molecule has 0 fully saturated rings. The van der Waals surface area contributed by atoms with Crippen LogP contribution in [0, 0.1) is 11.8 Å². The van der Waals surface area contributed by atoms with E-state index in [1.54, 1.807) is 11.4 Å². The maximum Gasteiger partial charge on any atom is 0.406 e. The number of carbonyl (C=O) groups is 1. The van der Waals surface area contributed by atoms with Crippen LogP contribution < -0.4 is 0 Å². The lowest BCUT2D eigenvalue weighted by Crippen LogP contribution is -2.43. The van der Waals surface area contributed by atoms with Gasteiger partial charge in [-0.1, -0.05) is 11.8 Å². The van der Waals surface area contributed by atoms with Crippen molar-refractivity contribution in [1.82, 2.24) is 4.90 Å². The Hall–Kier alpha value is -1.52. The van der Waals surface area contributed by atoms with Crippen molar-refractivity contribution in [3.63, 3.8) is 0 Å². The minimum Gasteiger partial charge on any atom is -0.395 e. The molecule has 0 aliphatic heterocycles. The molecule has 21 heavy (non-hydrogen) atoms. The summed E-state index contributed by atoms with van der Waals surface area (Å²) < 4.78 is 37.7. The summed E-state index contributed by atoms with van der Waals surface area (Å²) in [7, 11) is 0. The van der Waals surface area contributed by atoms with Crippen LogP contribution in [-0.4, -0.2) is 41.3 Å². The second-order valence-electron chi connectivity index (χ2n) is 4.58. The van der Waals surface area contributed by atoms with Crippen LogP contribution in [0.2, 0.25) is 0 Å². The molecule has 1 aromatic rings. The van der Waals surface area contributed by atoms with Crippen molar-refractivity contribution in [1.29, 1.82) is 0 Å². The minimum atomic E-state index is -4.44. The average Bonchev–Trinajstić information content (AvgIpc) is 2.82. The number of aliphatic hydroxyl groups excluding tert-OH is 1. The minimum absolute atomic E-state index is 0.105. The van der Waals surface area contributed by atoms with Crippen molar-refractivity contribution < 1.29 is 23.1 Å². The molecule has 0 saturated carbocycles. The molecule has 0 spiro atoms. The van der Waals surface area contributed by atoms with Crippen molar-refractivity contribution in [3.05, 3.63) is 21.9 Å². The predicted molar refractivity (Wildman–Crippen MR) is 75.1 cm³/mol. The van der Waals surface area contributed by atoms with E-state index in [4.69, 9.17) is 5.11 Å². The van der Waals surface area contributed by atoms with E-state index in [-0.39, 0.29) is 17.9 Å². The third-order valence-corrected chi connectivity index (χ3v) is 3.46. The summed E-state index contributed by atoms with van der Waals surface area (Å²) in [6.45, 7) is 1.68. The van der Waals surface area contributed by atoms with Gasteiger partial charge >= 0.3 is 6.18 Å². The Morgan fingerprint density at radius 2 is 2.14 bits per heavy atom. The molecule has 1 N–H and O–H groups in total. The van der Waals surface area contributed by atoms with Gasteiger partial charge in [0.15, 0.2) is 0 Å². The average molecular weight is 319 g/mol. The van der Waals surface area contributed by atoms with Crippen LogP contribution in [0.3, 0.4) is 0 Å². The molecule has 0 bridgehead atoms. The maximum atomic E-state index is 12.6. The number of amides is 1. The summed E-state index contributed by atoms with van der Waals surface area (Å²) in [4.78, 5) is 13.3. The lowest BCUT2D eigenvalue weighted by Gasteiger charge is -2.27. The number of carbonyl (C=O) groups excluding carboxylic acids is 1. The Morgan fingerprint density at radius 3 is 2.67 bits per heavy atom. The largest absolute Gasteiger partial charge is 0.406 e. The maximum absolute atomic E-state index is 12.6. The first-order chi connectivity index (χ1) is 9.76. The van der Waals surface area contributed by atoms with Crippen LogP contribution in [0.5, 0.6) is 0 Å². The molecule has 0 saturated heterocycles. The van der Waals surface area contributed by atoms with E-state index in [1.807, 2.05) is 0 Å². The molecule has 1 heterocycles. The van der Waals surface area contributed by atoms with Crippen molar-refractivity contribution in [2.45, 2.75) is 32.5 Å². The Labute approximate surface area is 125 Å². The van der Waals surface area contributed by atoms with E-state index in [9.17, 15) is 18.0 Å². The summed E-state index contributed by atoms with van der Waals surface area (Å²) in [5, 5.41) is 10.3. The van der Waals surface area contributed by atoms with Crippen LogP contribution in [-0.2, 0) is 0 Å². The van der Waals surface area contributed by atoms with E-state index in [0.29, 0.717) is 5.56 Å². The van der Waals surface area contributed by atoms with Crippen molar-refractivity contribution in [2.75, 3.05) is 13.2 Å². The van der Waals surface area contributed by atoms with Crippen LogP contribution in [0.1, 0.15) is 35.5 Å². The number of thiophene rings is 1. The number of aliphatic hydroxyl groups is 1. The number of hydrogen-bond acceptors (Lipinski definition) is 3. The summed E-state index contributed by atoms with van der Waals surface area (Å²) in [6, 6.07) is 1.02. The van der Waals surface area contributed by atoms with Gasteiger partial charge in [0.2, 0.25) is 0 Å². The first-order valence-corrected chi connectivity index (χ1v) is 7.19. The number of hydrogen-bond donors (Lipinski definition) is 1. The SMILES string of the molecule is CC(C)N(CC(F)(F)F)C(=O)c1sccc1C#CCCO. The predicted octanol–water partition coefficient (Wildman–Crippen LogP) is 2.89. The lowest BCUT2D eigenvalue weighted by atomic mass is 10.2. The van der Waals surface area contributed by atoms with Crippen molar-refractivity contribution in [3.8, 4) is 11.8 Å². The molecule has 3 nitrogen and oxygen atoms in total. The molecule has 0 unspecified atom stereocenters. The second-order valence-corrected chi connectivity index (χ2v) is 5.50. The van der Waals surface area contributed by atoms with E-state index in [1.165, 1.54) is 13.8 Å². The molecular formula is C14H16F3NO2S. The zero-order valence-corrected chi connectivity index (χ0v) is 12.5. The van der Waals surface area contributed by atoms with Gasteiger partial charge < -0.3 is 10.0 Å². The van der Waals surface area contributed by atoms with Gasteiger partial charge in [-0.25, -0.2) is 0 Å². The highest BCUT2D eigenvalue weighted by Crippen LogP contribution is 2.23. The molecule has 116 valence electrons. The Bertz CT molecular complexity index is 540. The molecule has 1 rings (SSSR count). The number of nitrogens with zero attached hydrogens (tertiary/aromatic N) is 1. The topological polar surface area (TPSA) is 40.5 Å². The standard InChI is InChI=1S/C14H16F3NO2S/c1-10(2)18(9-14(15,16)17)13(20)12-11(6-8-21-12)5-3-4-7-19/h6,8,10,19H,4,7,9H2,1-2H3. The fourth-order valence-corrected chi connectivity index (χ4v) is 2.40. The molecule has 0 aliphatic carbocycles. The van der Waals surface area contributed by atoms with E-state index < -0.39 is 24.7 Å². The summed E-state index contributed by atoms with van der Waals surface area (Å²) in [6.07, 6.45) is -4.19. The normalized spacial score (nSPS) is 11.2. The molecule has 7 heteroatoms. The summed E-state index contributed by atoms with van der Waals surface area (Å²) >= 11 is 1.06. The fraction of sp³-hybridized carbons (Fsp3) is 0.500. The van der Waals surface area contributed by atoms with Crippen LogP contribution >= 0.6 is 11.3 Å². The second kappa shape index (κ2) is 7.48. The Morgan fingerprint density at radius 1 is 1.48 bits per heavy atom. The van der Waals surface area contributed by atoms with Gasteiger partial charge in [-0.15, -0.1) is 11.3 Å². The van der Waals surface area contributed by atoms with Crippen LogP contribution in [0.15, 0.2) is 11.4 Å². The molecular weight excluding hydrogens is 303 g/mol. The van der Waals surface area contributed by atoms with Gasteiger partial charge in [-0.05, 0) is 25.3 Å². The third-order valence-electron chi connectivity index (χ3n) is 2.55. The quantitative estimate of drug-likeness (QED) is 0.867. The van der Waals surface area contributed by atoms with E-state index >= 15 is 0 Å². The van der Waals surface area contributed by atoms with Crippen molar-refractivity contribution in [2.24, 2.45) is 0 Å². The van der Waals surface area contributed by atoms with E-state index in [2.05, 4.69) is 11.8 Å². The van der Waals surface area contributed by atoms with Gasteiger partial charge in [-0.3, -0.25) is 4.79 Å². The highest BCUT2D eigenvalue weighted by Gasteiger charge is 2.35. The highest BCUT2D eigenvalue weighted by molar-refractivity contribution is 7.12. The smallest absolute Gasteiger partial charge is 0.395 e. The molecule has 1 amide bonds. The van der Waals surface area contributed by atoms with Gasteiger partial charge in [-0.2, -0.15) is 13.2 Å². The van der Waals surface area contributed by atoms with Gasteiger partial charge in [0.05, 0.1) is 6.61 Å². The summed E-state index contributed by atoms with van der Waals surface area (Å²) in [5.41, 5.74) is 0.395. The molecule has 0 aliphatic rings. The van der Waals surface area contributed by atoms with E-state index in [0.717, 1.165) is 16.2 Å². The molecule has 0 radical (unpaired) electrons. The highest BCUT2D eigenvalue weighted by atomic mass is 32.1.